The van der Waals surface area contributed by atoms with Gasteiger partial charge in [0.25, 0.3) is 0 Å². The van der Waals surface area contributed by atoms with Gasteiger partial charge >= 0.3 is 0 Å². The highest BCUT2D eigenvalue weighted by molar-refractivity contribution is 5.91. The van der Waals surface area contributed by atoms with Gasteiger partial charge in [0.05, 0.1) is 5.52 Å². The Hall–Kier alpha value is -3.61. The van der Waals surface area contributed by atoms with E-state index in [0.29, 0.717) is 23.3 Å². The molecule has 25 heavy (non-hydrogen) atoms. The SMILES string of the molecule is Cc1cc(Nc2nc(Nc3cccc(O)c3)nc3ccccc23)n[nH]1. The predicted octanol–water partition coefficient (Wildman–Crippen LogP) is 3.85. The van der Waals surface area contributed by atoms with Crippen molar-refractivity contribution in [2.45, 2.75) is 6.92 Å². The molecule has 2 aromatic carbocycles. The zero-order valence-corrected chi connectivity index (χ0v) is 13.5. The van der Waals surface area contributed by atoms with Crippen LogP contribution in [0.2, 0.25) is 0 Å². The summed E-state index contributed by atoms with van der Waals surface area (Å²) in [7, 11) is 0. The Morgan fingerprint density at radius 2 is 1.84 bits per heavy atom. The predicted molar refractivity (Wildman–Crippen MR) is 97.5 cm³/mol. The van der Waals surface area contributed by atoms with Gasteiger partial charge in [-0.05, 0) is 31.2 Å². The number of anilines is 4. The molecule has 0 spiro atoms. The van der Waals surface area contributed by atoms with Crippen molar-refractivity contribution in [1.82, 2.24) is 20.2 Å². The summed E-state index contributed by atoms with van der Waals surface area (Å²) in [5.41, 5.74) is 2.46. The minimum absolute atomic E-state index is 0.177. The molecule has 2 heterocycles. The number of phenolic OH excluding ortho intramolecular Hbond substituents is 1. The van der Waals surface area contributed by atoms with Crippen LogP contribution in [0.25, 0.3) is 10.9 Å². The summed E-state index contributed by atoms with van der Waals surface area (Å²) in [6.45, 7) is 1.94. The lowest BCUT2D eigenvalue weighted by molar-refractivity contribution is 0.475. The Morgan fingerprint density at radius 1 is 0.960 bits per heavy atom. The van der Waals surface area contributed by atoms with Gasteiger partial charge in [-0.25, -0.2) is 4.98 Å². The topological polar surface area (TPSA) is 98.8 Å². The lowest BCUT2D eigenvalue weighted by atomic mass is 10.2. The normalized spacial score (nSPS) is 10.8. The summed E-state index contributed by atoms with van der Waals surface area (Å²) < 4.78 is 0. The van der Waals surface area contributed by atoms with E-state index in [1.54, 1.807) is 18.2 Å². The van der Waals surface area contributed by atoms with Crippen LogP contribution in [0.1, 0.15) is 5.69 Å². The van der Waals surface area contributed by atoms with Crippen LogP contribution < -0.4 is 10.6 Å². The number of phenols is 1. The fourth-order valence-electron chi connectivity index (χ4n) is 2.54. The monoisotopic (exact) mass is 332 g/mol. The Bertz CT molecular complexity index is 1040. The molecule has 4 aromatic rings. The molecule has 0 radical (unpaired) electrons. The Balaban J connectivity index is 1.75. The van der Waals surface area contributed by atoms with Gasteiger partial charge in [-0.15, -0.1) is 0 Å². The molecule has 4 N–H and O–H groups in total. The number of rotatable bonds is 4. The maximum absolute atomic E-state index is 9.61. The zero-order valence-electron chi connectivity index (χ0n) is 13.5. The summed E-state index contributed by atoms with van der Waals surface area (Å²) in [4.78, 5) is 9.10. The molecule has 0 unspecified atom stereocenters. The third-order valence-corrected chi connectivity index (χ3v) is 3.66. The van der Waals surface area contributed by atoms with Gasteiger partial charge in [0.2, 0.25) is 5.95 Å². The highest BCUT2D eigenvalue weighted by atomic mass is 16.3. The van der Waals surface area contributed by atoms with Crippen LogP contribution in [0.4, 0.5) is 23.3 Å². The van der Waals surface area contributed by atoms with E-state index in [2.05, 4.69) is 30.8 Å². The van der Waals surface area contributed by atoms with E-state index in [1.807, 2.05) is 43.3 Å². The molecular formula is C18H16N6O. The van der Waals surface area contributed by atoms with Crippen molar-refractivity contribution in [1.29, 1.82) is 0 Å². The number of para-hydroxylation sites is 1. The van der Waals surface area contributed by atoms with Gasteiger partial charge in [0.15, 0.2) is 5.82 Å². The first kappa shape index (κ1) is 14.9. The lowest BCUT2D eigenvalue weighted by Crippen LogP contribution is -2.02. The molecule has 0 fully saturated rings. The minimum atomic E-state index is 0.177. The molecule has 7 nitrogen and oxygen atoms in total. The van der Waals surface area contributed by atoms with Crippen LogP contribution in [0.5, 0.6) is 5.75 Å². The van der Waals surface area contributed by atoms with E-state index in [-0.39, 0.29) is 5.75 Å². The zero-order chi connectivity index (χ0) is 17.2. The second-order valence-corrected chi connectivity index (χ2v) is 5.65. The average Bonchev–Trinajstić information content (AvgIpc) is 3.00. The maximum atomic E-state index is 9.61. The summed E-state index contributed by atoms with van der Waals surface area (Å²) in [6.07, 6.45) is 0. The van der Waals surface area contributed by atoms with E-state index in [0.717, 1.165) is 16.6 Å². The molecule has 0 aliphatic heterocycles. The first-order chi connectivity index (χ1) is 12.2. The minimum Gasteiger partial charge on any atom is -0.508 e. The van der Waals surface area contributed by atoms with E-state index < -0.39 is 0 Å². The number of fused-ring (bicyclic) bond motifs is 1. The fraction of sp³-hybridized carbons (Fsp3) is 0.0556. The quantitative estimate of drug-likeness (QED) is 0.453. The molecular weight excluding hydrogens is 316 g/mol. The van der Waals surface area contributed by atoms with Crippen LogP contribution in [0.3, 0.4) is 0 Å². The molecule has 0 aliphatic carbocycles. The summed E-state index contributed by atoms with van der Waals surface area (Å²) >= 11 is 0. The van der Waals surface area contributed by atoms with Crippen molar-refractivity contribution in [2.24, 2.45) is 0 Å². The second-order valence-electron chi connectivity index (χ2n) is 5.65. The number of aromatic amines is 1. The van der Waals surface area contributed by atoms with E-state index in [1.165, 1.54) is 0 Å². The highest BCUT2D eigenvalue weighted by Crippen LogP contribution is 2.26. The van der Waals surface area contributed by atoms with Crippen molar-refractivity contribution in [3.05, 3.63) is 60.3 Å². The smallest absolute Gasteiger partial charge is 0.229 e. The second kappa shape index (κ2) is 6.12. The molecule has 4 rings (SSSR count). The van der Waals surface area contributed by atoms with Crippen LogP contribution in [0.15, 0.2) is 54.6 Å². The van der Waals surface area contributed by atoms with Crippen LogP contribution in [0, 0.1) is 6.92 Å². The summed E-state index contributed by atoms with van der Waals surface area (Å²) in [5, 5.41) is 23.9. The number of hydrogen-bond donors (Lipinski definition) is 4. The van der Waals surface area contributed by atoms with Crippen molar-refractivity contribution in [3.63, 3.8) is 0 Å². The van der Waals surface area contributed by atoms with E-state index in [9.17, 15) is 5.11 Å². The largest absolute Gasteiger partial charge is 0.508 e. The number of benzene rings is 2. The number of aromatic hydroxyl groups is 1. The molecule has 0 amide bonds. The number of nitrogens with one attached hydrogen (secondary N) is 3. The standard InChI is InChI=1S/C18H16N6O/c1-11-9-16(24-23-11)21-17-14-7-2-3-8-15(14)20-18(22-17)19-12-5-4-6-13(25)10-12/h2-10,25H,1H3,(H3,19,20,21,22,23,24). The Kier molecular flexibility index (Phi) is 3.66. The molecule has 0 bridgehead atoms. The van der Waals surface area contributed by atoms with Crippen LogP contribution >= 0.6 is 0 Å². The van der Waals surface area contributed by atoms with Crippen molar-refractivity contribution in [3.8, 4) is 5.75 Å². The summed E-state index contributed by atoms with van der Waals surface area (Å²) in [6, 6.07) is 16.5. The lowest BCUT2D eigenvalue weighted by Gasteiger charge is -2.10. The average molecular weight is 332 g/mol. The Morgan fingerprint density at radius 3 is 2.64 bits per heavy atom. The van der Waals surface area contributed by atoms with Crippen molar-refractivity contribution in [2.75, 3.05) is 10.6 Å². The third-order valence-electron chi connectivity index (χ3n) is 3.66. The van der Waals surface area contributed by atoms with Gasteiger partial charge in [-0.2, -0.15) is 10.1 Å². The molecule has 124 valence electrons. The van der Waals surface area contributed by atoms with Gasteiger partial charge in [-0.1, -0.05) is 18.2 Å². The molecule has 0 saturated heterocycles. The van der Waals surface area contributed by atoms with E-state index in [4.69, 9.17) is 0 Å². The van der Waals surface area contributed by atoms with Gasteiger partial charge in [0.1, 0.15) is 11.6 Å². The van der Waals surface area contributed by atoms with Gasteiger partial charge in [0, 0.05) is 28.9 Å². The number of nitrogens with zero attached hydrogens (tertiary/aromatic N) is 3. The molecule has 0 atom stereocenters. The first-order valence-electron chi connectivity index (χ1n) is 7.79. The summed E-state index contributed by atoms with van der Waals surface area (Å²) in [5.74, 6) is 1.94. The molecule has 0 aliphatic rings. The number of hydrogen-bond acceptors (Lipinski definition) is 6. The van der Waals surface area contributed by atoms with Crippen molar-refractivity contribution >= 4 is 34.2 Å². The van der Waals surface area contributed by atoms with Gasteiger partial charge < -0.3 is 15.7 Å². The van der Waals surface area contributed by atoms with Crippen LogP contribution in [-0.4, -0.2) is 25.3 Å². The Labute approximate surface area is 143 Å². The third kappa shape index (κ3) is 3.20. The van der Waals surface area contributed by atoms with Crippen molar-refractivity contribution < 1.29 is 5.11 Å². The fourth-order valence-corrected chi connectivity index (χ4v) is 2.54. The molecule has 0 saturated carbocycles. The maximum Gasteiger partial charge on any atom is 0.229 e. The number of aromatic nitrogens is 4. The molecule has 2 aromatic heterocycles. The number of H-pyrrole nitrogens is 1. The highest BCUT2D eigenvalue weighted by Gasteiger charge is 2.09. The number of aryl methyl sites for hydroxylation is 1. The molecule has 7 heteroatoms. The van der Waals surface area contributed by atoms with E-state index >= 15 is 0 Å². The first-order valence-corrected chi connectivity index (χ1v) is 7.79. The van der Waals surface area contributed by atoms with Gasteiger partial charge in [-0.3, -0.25) is 5.10 Å². The van der Waals surface area contributed by atoms with Crippen LogP contribution in [-0.2, 0) is 0 Å².